The standard InChI is InChI=1S/C25H33N3OS/c1-27(25-26-24-11-6-5-10-22(24)20-30-25)23-12-16-28(17-13-23)15-7-18-29-19-14-21-8-3-2-4-9-21/h2-6,8-11,23H,7,12-20H2,1H3. The molecule has 5 heteroatoms. The minimum Gasteiger partial charge on any atom is -0.381 e. The summed E-state index contributed by atoms with van der Waals surface area (Å²) in [5, 5.41) is 1.18. The van der Waals surface area contributed by atoms with Gasteiger partial charge in [0.15, 0.2) is 5.17 Å². The first-order chi connectivity index (χ1) is 14.8. The van der Waals surface area contributed by atoms with E-state index in [0.717, 1.165) is 44.0 Å². The molecule has 0 aliphatic carbocycles. The Morgan fingerprint density at radius 1 is 1.03 bits per heavy atom. The van der Waals surface area contributed by atoms with Gasteiger partial charge in [-0.3, -0.25) is 0 Å². The molecule has 160 valence electrons. The van der Waals surface area contributed by atoms with Crippen molar-refractivity contribution in [2.45, 2.75) is 37.5 Å². The Labute approximate surface area is 185 Å². The van der Waals surface area contributed by atoms with Gasteiger partial charge >= 0.3 is 0 Å². The summed E-state index contributed by atoms with van der Waals surface area (Å²) in [6.07, 6.45) is 4.55. The van der Waals surface area contributed by atoms with Crippen LogP contribution in [0.5, 0.6) is 0 Å². The van der Waals surface area contributed by atoms with E-state index in [4.69, 9.17) is 9.73 Å². The lowest BCUT2D eigenvalue weighted by atomic mass is 10.0. The van der Waals surface area contributed by atoms with E-state index < -0.39 is 0 Å². The van der Waals surface area contributed by atoms with E-state index in [2.05, 4.69) is 71.4 Å². The highest BCUT2D eigenvalue weighted by Gasteiger charge is 2.26. The fraction of sp³-hybridized carbons (Fsp3) is 0.480. The number of likely N-dealkylation sites (tertiary alicyclic amines) is 1. The predicted octanol–water partition coefficient (Wildman–Crippen LogP) is 4.97. The van der Waals surface area contributed by atoms with Crippen molar-refractivity contribution in [1.29, 1.82) is 0 Å². The molecule has 0 atom stereocenters. The first-order valence-electron chi connectivity index (χ1n) is 11.2. The Hall–Kier alpha value is -1.82. The predicted molar refractivity (Wildman–Crippen MR) is 128 cm³/mol. The van der Waals surface area contributed by atoms with Gasteiger partial charge in [0, 0.05) is 45.1 Å². The van der Waals surface area contributed by atoms with E-state index in [1.54, 1.807) is 0 Å². The van der Waals surface area contributed by atoms with Gasteiger partial charge in [0.05, 0.1) is 12.3 Å². The van der Waals surface area contributed by atoms with Crippen molar-refractivity contribution >= 4 is 22.6 Å². The Balaban J connectivity index is 1.13. The number of hydrogen-bond acceptors (Lipinski definition) is 5. The number of piperidine rings is 1. The Bertz CT molecular complexity index is 818. The van der Waals surface area contributed by atoms with Crippen LogP contribution in [-0.2, 0) is 16.9 Å². The second-order valence-electron chi connectivity index (χ2n) is 8.20. The van der Waals surface area contributed by atoms with Crippen molar-refractivity contribution in [1.82, 2.24) is 9.80 Å². The van der Waals surface area contributed by atoms with E-state index in [1.165, 1.54) is 42.2 Å². The van der Waals surface area contributed by atoms with Gasteiger partial charge in [-0.1, -0.05) is 60.3 Å². The number of thioether (sulfide) groups is 1. The third kappa shape index (κ3) is 5.87. The molecule has 30 heavy (non-hydrogen) atoms. The van der Waals surface area contributed by atoms with Gasteiger partial charge in [0.25, 0.3) is 0 Å². The third-order valence-electron chi connectivity index (χ3n) is 6.11. The first-order valence-corrected chi connectivity index (χ1v) is 12.1. The van der Waals surface area contributed by atoms with Crippen molar-refractivity contribution in [2.24, 2.45) is 4.99 Å². The summed E-state index contributed by atoms with van der Waals surface area (Å²) in [4.78, 5) is 9.93. The molecule has 0 amide bonds. The number of hydrogen-bond donors (Lipinski definition) is 0. The second kappa shape index (κ2) is 11.0. The number of fused-ring (bicyclic) bond motifs is 1. The van der Waals surface area contributed by atoms with E-state index >= 15 is 0 Å². The van der Waals surface area contributed by atoms with Crippen molar-refractivity contribution in [3.63, 3.8) is 0 Å². The number of nitrogens with zero attached hydrogens (tertiary/aromatic N) is 3. The van der Waals surface area contributed by atoms with Gasteiger partial charge in [0.2, 0.25) is 0 Å². The molecule has 2 aliphatic heterocycles. The molecular weight excluding hydrogens is 390 g/mol. The number of aliphatic imine (C=N–C) groups is 1. The van der Waals surface area contributed by atoms with E-state index in [-0.39, 0.29) is 0 Å². The lowest BCUT2D eigenvalue weighted by Gasteiger charge is -2.38. The molecule has 0 aromatic heterocycles. The molecular formula is C25H33N3OS. The number of para-hydroxylation sites is 1. The Kier molecular flexibility index (Phi) is 7.84. The molecule has 0 unspecified atom stereocenters. The molecule has 2 aromatic rings. The molecule has 0 bridgehead atoms. The van der Waals surface area contributed by atoms with Crippen molar-refractivity contribution < 1.29 is 4.74 Å². The SMILES string of the molecule is CN(C1=Nc2ccccc2CS1)C1CCN(CCCOCCc2ccccc2)CC1. The molecule has 2 aliphatic rings. The normalized spacial score (nSPS) is 17.4. The van der Waals surface area contributed by atoms with Crippen LogP contribution in [-0.4, -0.2) is 60.9 Å². The fourth-order valence-electron chi connectivity index (χ4n) is 4.21. The Morgan fingerprint density at radius 2 is 1.80 bits per heavy atom. The summed E-state index contributed by atoms with van der Waals surface area (Å²) < 4.78 is 5.84. The van der Waals surface area contributed by atoms with E-state index in [9.17, 15) is 0 Å². The smallest absolute Gasteiger partial charge is 0.164 e. The van der Waals surface area contributed by atoms with Gasteiger partial charge in [-0.15, -0.1) is 0 Å². The zero-order chi connectivity index (χ0) is 20.6. The zero-order valence-corrected chi connectivity index (χ0v) is 18.8. The monoisotopic (exact) mass is 423 g/mol. The quantitative estimate of drug-likeness (QED) is 0.561. The first kappa shape index (κ1) is 21.4. The minimum absolute atomic E-state index is 0.597. The summed E-state index contributed by atoms with van der Waals surface area (Å²) in [6.45, 7) is 5.17. The van der Waals surface area contributed by atoms with Crippen LogP contribution in [0.3, 0.4) is 0 Å². The summed E-state index contributed by atoms with van der Waals surface area (Å²) in [5.41, 5.74) is 3.84. The molecule has 1 saturated heterocycles. The van der Waals surface area contributed by atoms with Gasteiger partial charge in [-0.05, 0) is 42.9 Å². The van der Waals surface area contributed by atoms with Crippen LogP contribution >= 0.6 is 11.8 Å². The van der Waals surface area contributed by atoms with Crippen LogP contribution in [0, 0.1) is 0 Å². The van der Waals surface area contributed by atoms with E-state index in [1.807, 2.05) is 11.8 Å². The summed E-state index contributed by atoms with van der Waals surface area (Å²) in [5.74, 6) is 1.03. The highest BCUT2D eigenvalue weighted by atomic mass is 32.2. The highest BCUT2D eigenvalue weighted by Crippen LogP contribution is 2.32. The molecule has 1 fully saturated rings. The fourth-order valence-corrected chi connectivity index (χ4v) is 5.26. The van der Waals surface area contributed by atoms with Crippen LogP contribution in [0.15, 0.2) is 59.6 Å². The van der Waals surface area contributed by atoms with Gasteiger partial charge in [0.1, 0.15) is 0 Å². The number of amidine groups is 1. The average Bonchev–Trinajstić information content (AvgIpc) is 2.81. The molecule has 4 rings (SSSR count). The number of ether oxygens (including phenoxy) is 1. The van der Waals surface area contributed by atoms with Crippen LogP contribution < -0.4 is 0 Å². The average molecular weight is 424 g/mol. The van der Waals surface area contributed by atoms with Gasteiger partial charge < -0.3 is 14.5 Å². The van der Waals surface area contributed by atoms with Crippen LogP contribution in [0.1, 0.15) is 30.4 Å². The van der Waals surface area contributed by atoms with E-state index in [0.29, 0.717) is 6.04 Å². The number of rotatable bonds is 8. The molecule has 4 nitrogen and oxygen atoms in total. The summed E-state index contributed by atoms with van der Waals surface area (Å²) in [7, 11) is 2.22. The van der Waals surface area contributed by atoms with Crippen molar-refractivity contribution in [3.05, 3.63) is 65.7 Å². The van der Waals surface area contributed by atoms with Crippen molar-refractivity contribution in [3.8, 4) is 0 Å². The maximum atomic E-state index is 5.84. The molecule has 0 radical (unpaired) electrons. The van der Waals surface area contributed by atoms with Crippen LogP contribution in [0.25, 0.3) is 0 Å². The Morgan fingerprint density at radius 3 is 2.63 bits per heavy atom. The molecule has 0 spiro atoms. The lowest BCUT2D eigenvalue weighted by Crippen LogP contribution is -2.45. The molecule has 0 N–H and O–H groups in total. The van der Waals surface area contributed by atoms with Crippen LogP contribution in [0.4, 0.5) is 5.69 Å². The second-order valence-corrected chi connectivity index (χ2v) is 9.14. The molecule has 0 saturated carbocycles. The molecule has 2 aromatic carbocycles. The minimum atomic E-state index is 0.597. The maximum absolute atomic E-state index is 5.84. The zero-order valence-electron chi connectivity index (χ0n) is 18.0. The topological polar surface area (TPSA) is 28.1 Å². The largest absolute Gasteiger partial charge is 0.381 e. The molecule has 2 heterocycles. The summed E-state index contributed by atoms with van der Waals surface area (Å²) >= 11 is 1.87. The third-order valence-corrected chi connectivity index (χ3v) is 7.20. The highest BCUT2D eigenvalue weighted by molar-refractivity contribution is 8.13. The summed E-state index contributed by atoms with van der Waals surface area (Å²) in [6, 6.07) is 19.7. The van der Waals surface area contributed by atoms with Crippen LogP contribution in [0.2, 0.25) is 0 Å². The van der Waals surface area contributed by atoms with Gasteiger partial charge in [-0.25, -0.2) is 4.99 Å². The van der Waals surface area contributed by atoms with Crippen molar-refractivity contribution in [2.75, 3.05) is 39.9 Å². The lowest BCUT2D eigenvalue weighted by molar-refractivity contribution is 0.111. The van der Waals surface area contributed by atoms with Gasteiger partial charge in [-0.2, -0.15) is 0 Å². The maximum Gasteiger partial charge on any atom is 0.164 e. The number of benzene rings is 2.